The van der Waals surface area contributed by atoms with Crippen LogP contribution >= 0.6 is 11.5 Å². The number of hydrogen-bond acceptors (Lipinski definition) is 4. The van der Waals surface area contributed by atoms with Crippen LogP contribution in [0.3, 0.4) is 0 Å². The van der Waals surface area contributed by atoms with Crippen LogP contribution < -0.4 is 5.32 Å². The van der Waals surface area contributed by atoms with Crippen molar-refractivity contribution in [1.82, 2.24) is 14.9 Å². The van der Waals surface area contributed by atoms with E-state index in [4.69, 9.17) is 0 Å². The van der Waals surface area contributed by atoms with Gasteiger partial charge < -0.3 is 5.32 Å². The van der Waals surface area contributed by atoms with E-state index < -0.39 is 0 Å². The maximum atomic E-state index is 4.22. The zero-order chi connectivity index (χ0) is 11.9. The van der Waals surface area contributed by atoms with Crippen LogP contribution in [0.5, 0.6) is 0 Å². The Hall–Kier alpha value is -0.480. The van der Waals surface area contributed by atoms with Crippen LogP contribution in [-0.4, -0.2) is 15.6 Å². The summed E-state index contributed by atoms with van der Waals surface area (Å²) in [7, 11) is 0. The molecule has 1 aliphatic rings. The molecular formula is C13H23N3S. The molecule has 1 aromatic rings. The van der Waals surface area contributed by atoms with Crippen molar-refractivity contribution in [1.29, 1.82) is 0 Å². The molecule has 0 atom stereocenters. The molecule has 4 heteroatoms. The van der Waals surface area contributed by atoms with Gasteiger partial charge in [-0.1, -0.05) is 43.5 Å². The third-order valence-electron chi connectivity index (χ3n) is 3.53. The van der Waals surface area contributed by atoms with Crippen LogP contribution in [0, 0.1) is 0 Å². The van der Waals surface area contributed by atoms with Crippen LogP contribution in [0.4, 0.5) is 0 Å². The highest BCUT2D eigenvalue weighted by molar-refractivity contribution is 7.05. The third kappa shape index (κ3) is 4.03. The van der Waals surface area contributed by atoms with Crippen molar-refractivity contribution in [2.75, 3.05) is 0 Å². The number of nitrogens with zero attached hydrogens (tertiary/aromatic N) is 2. The van der Waals surface area contributed by atoms with Gasteiger partial charge in [0.1, 0.15) is 0 Å². The number of nitrogens with one attached hydrogen (secondary N) is 1. The minimum absolute atomic E-state index is 0.717. The second-order valence-corrected chi connectivity index (χ2v) is 5.80. The Morgan fingerprint density at radius 1 is 1.24 bits per heavy atom. The normalized spacial score (nSPS) is 18.2. The fraction of sp³-hybridized carbons (Fsp3) is 0.846. The molecule has 96 valence electrons. The van der Waals surface area contributed by atoms with Crippen molar-refractivity contribution in [2.24, 2.45) is 0 Å². The topological polar surface area (TPSA) is 37.8 Å². The number of hydrogen-bond donors (Lipinski definition) is 1. The van der Waals surface area contributed by atoms with Crippen molar-refractivity contribution in [3.05, 3.63) is 10.6 Å². The van der Waals surface area contributed by atoms with Gasteiger partial charge in [0, 0.05) is 12.6 Å². The van der Waals surface area contributed by atoms with E-state index in [2.05, 4.69) is 21.8 Å². The lowest BCUT2D eigenvalue weighted by molar-refractivity contribution is 0.460. The molecule has 0 spiro atoms. The molecule has 0 bridgehead atoms. The summed E-state index contributed by atoms with van der Waals surface area (Å²) in [6.07, 6.45) is 10.5. The van der Waals surface area contributed by atoms with Gasteiger partial charge in [-0.25, -0.2) is 0 Å². The van der Waals surface area contributed by atoms with E-state index in [0.717, 1.165) is 19.4 Å². The Bertz CT molecular complexity index is 316. The van der Waals surface area contributed by atoms with Gasteiger partial charge in [-0.15, -0.1) is 5.10 Å². The van der Waals surface area contributed by atoms with Crippen LogP contribution in [0.1, 0.15) is 62.4 Å². The fourth-order valence-electron chi connectivity index (χ4n) is 2.51. The van der Waals surface area contributed by atoms with Crippen LogP contribution in [0.2, 0.25) is 0 Å². The maximum Gasteiger partial charge on any atom is 0.0800 e. The number of aromatic nitrogens is 2. The quantitative estimate of drug-likeness (QED) is 0.818. The molecule has 0 radical (unpaired) electrons. The molecule has 2 rings (SSSR count). The smallest absolute Gasteiger partial charge is 0.0800 e. The lowest BCUT2D eigenvalue weighted by Crippen LogP contribution is -2.27. The Morgan fingerprint density at radius 3 is 2.71 bits per heavy atom. The standard InChI is InChI=1S/C13H23N3S/c1-2-7-12-13(17-16-15-12)10-14-11-8-5-3-4-6-9-11/h11,14H,2-10H2,1H3. The summed E-state index contributed by atoms with van der Waals surface area (Å²) in [5.41, 5.74) is 1.21. The highest BCUT2D eigenvalue weighted by atomic mass is 32.1. The largest absolute Gasteiger partial charge is 0.309 e. The molecule has 1 aromatic heterocycles. The average Bonchev–Trinajstić information content (AvgIpc) is 2.63. The molecule has 0 aliphatic heterocycles. The summed E-state index contributed by atoms with van der Waals surface area (Å²) in [6.45, 7) is 3.17. The predicted molar refractivity (Wildman–Crippen MR) is 72.2 cm³/mol. The zero-order valence-electron chi connectivity index (χ0n) is 10.7. The first kappa shape index (κ1) is 13.0. The Labute approximate surface area is 108 Å². The van der Waals surface area contributed by atoms with Gasteiger partial charge in [0.2, 0.25) is 0 Å². The summed E-state index contributed by atoms with van der Waals surface area (Å²) in [5, 5.41) is 7.91. The molecule has 1 heterocycles. The molecule has 1 saturated carbocycles. The summed E-state index contributed by atoms with van der Waals surface area (Å²) in [6, 6.07) is 0.717. The lowest BCUT2D eigenvalue weighted by atomic mass is 10.1. The average molecular weight is 253 g/mol. The summed E-state index contributed by atoms with van der Waals surface area (Å²) in [5.74, 6) is 0. The van der Waals surface area contributed by atoms with Gasteiger partial charge in [0.05, 0.1) is 10.6 Å². The molecule has 1 fully saturated rings. The van der Waals surface area contributed by atoms with Crippen LogP contribution in [0.15, 0.2) is 0 Å². The Balaban J connectivity index is 1.81. The van der Waals surface area contributed by atoms with Crippen molar-refractivity contribution in [3.63, 3.8) is 0 Å². The first-order valence-electron chi connectivity index (χ1n) is 6.93. The highest BCUT2D eigenvalue weighted by Gasteiger charge is 2.13. The Kier molecular flexibility index (Phi) is 5.39. The number of rotatable bonds is 5. The van der Waals surface area contributed by atoms with E-state index >= 15 is 0 Å². The van der Waals surface area contributed by atoms with E-state index in [1.165, 1.54) is 49.1 Å². The highest BCUT2D eigenvalue weighted by Crippen LogP contribution is 2.19. The van der Waals surface area contributed by atoms with Crippen molar-refractivity contribution in [3.8, 4) is 0 Å². The zero-order valence-corrected chi connectivity index (χ0v) is 11.6. The third-order valence-corrected chi connectivity index (χ3v) is 4.29. The van der Waals surface area contributed by atoms with Gasteiger partial charge in [0.25, 0.3) is 0 Å². The minimum atomic E-state index is 0.717. The maximum absolute atomic E-state index is 4.22. The van der Waals surface area contributed by atoms with Gasteiger partial charge in [-0.05, 0) is 30.8 Å². The van der Waals surface area contributed by atoms with Crippen molar-refractivity contribution < 1.29 is 0 Å². The predicted octanol–water partition coefficient (Wildman–Crippen LogP) is 3.30. The molecule has 0 amide bonds. The summed E-state index contributed by atoms with van der Waals surface area (Å²) < 4.78 is 4.07. The monoisotopic (exact) mass is 253 g/mol. The first-order chi connectivity index (χ1) is 8.40. The Morgan fingerprint density at radius 2 is 2.00 bits per heavy atom. The van der Waals surface area contributed by atoms with E-state index in [-0.39, 0.29) is 0 Å². The molecule has 0 aromatic carbocycles. The van der Waals surface area contributed by atoms with Crippen LogP contribution in [-0.2, 0) is 13.0 Å². The lowest BCUT2D eigenvalue weighted by Gasteiger charge is -2.15. The summed E-state index contributed by atoms with van der Waals surface area (Å²) >= 11 is 1.56. The van der Waals surface area contributed by atoms with Gasteiger partial charge in [0.15, 0.2) is 0 Å². The van der Waals surface area contributed by atoms with E-state index in [0.29, 0.717) is 6.04 Å². The first-order valence-corrected chi connectivity index (χ1v) is 7.71. The number of aryl methyl sites for hydroxylation is 1. The van der Waals surface area contributed by atoms with E-state index in [9.17, 15) is 0 Å². The van der Waals surface area contributed by atoms with E-state index in [1.807, 2.05) is 0 Å². The van der Waals surface area contributed by atoms with Gasteiger partial charge >= 0.3 is 0 Å². The SMILES string of the molecule is CCCc1nnsc1CNC1CCCCCC1. The summed E-state index contributed by atoms with van der Waals surface area (Å²) in [4.78, 5) is 1.34. The molecule has 0 unspecified atom stereocenters. The fourth-order valence-corrected chi connectivity index (χ4v) is 3.14. The molecular weight excluding hydrogens is 230 g/mol. The van der Waals surface area contributed by atoms with Gasteiger partial charge in [-0.2, -0.15) is 0 Å². The molecule has 1 aliphatic carbocycles. The minimum Gasteiger partial charge on any atom is -0.309 e. The van der Waals surface area contributed by atoms with Gasteiger partial charge in [-0.3, -0.25) is 0 Å². The van der Waals surface area contributed by atoms with Crippen molar-refractivity contribution >= 4 is 11.5 Å². The van der Waals surface area contributed by atoms with E-state index in [1.54, 1.807) is 11.5 Å². The van der Waals surface area contributed by atoms with Crippen LogP contribution in [0.25, 0.3) is 0 Å². The molecule has 1 N–H and O–H groups in total. The molecule has 17 heavy (non-hydrogen) atoms. The second kappa shape index (κ2) is 7.07. The second-order valence-electron chi connectivity index (χ2n) is 4.96. The molecule has 0 saturated heterocycles. The molecule has 3 nitrogen and oxygen atoms in total. The van der Waals surface area contributed by atoms with Crippen molar-refractivity contribution in [2.45, 2.75) is 70.9 Å².